The molecular formula is C28H27F5N4O6. The summed E-state index contributed by atoms with van der Waals surface area (Å²) in [4.78, 5) is 11.3. The molecule has 2 atom stereocenters. The third-order valence-corrected chi connectivity index (χ3v) is 7.92. The van der Waals surface area contributed by atoms with Gasteiger partial charge in [-0.3, -0.25) is 4.79 Å². The molecule has 6 rings (SSSR count). The first-order chi connectivity index (χ1) is 20.4. The number of carboxylic acids is 1. The molecule has 1 aliphatic heterocycles. The standard InChI is InChI=1S/C28H27F5N4O6/c1-14(16-7-10-20-22(11-16)43-28(32,33)42-20)40-23-12-17(13-34-35-23)37-24-19(25(36-37)27(29,30)31)3-2-4-21(24)41-18-8-5-15(6-9-18)26(38)39/h7,10-15,18,21H,2-6,8-9H2,1H3,(H,38,39)/t14-,15?,18?,21+/m0/s1. The maximum absolute atomic E-state index is 14.1. The highest BCUT2D eigenvalue weighted by Crippen LogP contribution is 2.44. The van der Waals surface area contributed by atoms with Crippen LogP contribution in [0, 0.1) is 5.92 Å². The zero-order chi connectivity index (χ0) is 30.5. The fourth-order valence-corrected chi connectivity index (χ4v) is 5.86. The van der Waals surface area contributed by atoms with Gasteiger partial charge in [0.2, 0.25) is 5.88 Å². The van der Waals surface area contributed by atoms with E-state index in [4.69, 9.17) is 9.47 Å². The van der Waals surface area contributed by atoms with Crippen LogP contribution in [0.1, 0.15) is 80.2 Å². The molecule has 0 unspecified atom stereocenters. The highest BCUT2D eigenvalue weighted by Gasteiger charge is 2.44. The van der Waals surface area contributed by atoms with Crippen molar-refractivity contribution >= 4 is 5.97 Å². The van der Waals surface area contributed by atoms with E-state index in [0.29, 0.717) is 44.1 Å². The van der Waals surface area contributed by atoms with Gasteiger partial charge in [-0.05, 0) is 69.6 Å². The quantitative estimate of drug-likeness (QED) is 0.313. The van der Waals surface area contributed by atoms with Gasteiger partial charge in [0, 0.05) is 11.6 Å². The highest BCUT2D eigenvalue weighted by atomic mass is 19.4. The van der Waals surface area contributed by atoms with Crippen LogP contribution >= 0.6 is 0 Å². The minimum atomic E-state index is -4.71. The van der Waals surface area contributed by atoms with E-state index >= 15 is 0 Å². The van der Waals surface area contributed by atoms with E-state index in [1.54, 1.807) is 6.92 Å². The predicted octanol–water partition coefficient (Wildman–Crippen LogP) is 6.18. The van der Waals surface area contributed by atoms with Crippen molar-refractivity contribution in [2.45, 2.75) is 82.7 Å². The Kier molecular flexibility index (Phi) is 7.39. The van der Waals surface area contributed by atoms with Gasteiger partial charge >= 0.3 is 18.4 Å². The van der Waals surface area contributed by atoms with Crippen LogP contribution in [0.5, 0.6) is 17.4 Å². The van der Waals surface area contributed by atoms with Crippen molar-refractivity contribution in [3.63, 3.8) is 0 Å². The van der Waals surface area contributed by atoms with Crippen molar-refractivity contribution in [1.29, 1.82) is 0 Å². The van der Waals surface area contributed by atoms with Gasteiger partial charge < -0.3 is 24.1 Å². The second kappa shape index (κ2) is 10.9. The molecule has 3 aliphatic rings. The van der Waals surface area contributed by atoms with Gasteiger partial charge in [-0.25, -0.2) is 4.68 Å². The molecule has 1 N–H and O–H groups in total. The van der Waals surface area contributed by atoms with E-state index in [1.807, 2.05) is 0 Å². The lowest BCUT2D eigenvalue weighted by Gasteiger charge is -2.32. The Balaban J connectivity index is 1.27. The number of benzene rings is 1. The average Bonchev–Trinajstić information content (AvgIpc) is 3.50. The number of alkyl halides is 5. The highest BCUT2D eigenvalue weighted by molar-refractivity contribution is 5.70. The third kappa shape index (κ3) is 5.94. The monoisotopic (exact) mass is 610 g/mol. The summed E-state index contributed by atoms with van der Waals surface area (Å²) in [5.41, 5.74) is -0.0702. The molecule has 0 spiro atoms. The smallest absolute Gasteiger partial charge is 0.481 e. The van der Waals surface area contributed by atoms with Crippen LogP contribution in [0.25, 0.3) is 5.69 Å². The minimum absolute atomic E-state index is 0.0360. The summed E-state index contributed by atoms with van der Waals surface area (Å²) in [7, 11) is 0. The van der Waals surface area contributed by atoms with Crippen LogP contribution in [-0.4, -0.2) is 43.5 Å². The Labute approximate surface area is 241 Å². The lowest BCUT2D eigenvalue weighted by molar-refractivity contribution is -0.286. The van der Waals surface area contributed by atoms with Crippen molar-refractivity contribution < 1.29 is 50.8 Å². The van der Waals surface area contributed by atoms with Gasteiger partial charge in [0.05, 0.1) is 29.6 Å². The number of hydrogen-bond acceptors (Lipinski definition) is 8. The number of fused-ring (bicyclic) bond motifs is 2. The second-order valence-corrected chi connectivity index (χ2v) is 10.8. The molecule has 1 fully saturated rings. The first-order valence-electron chi connectivity index (χ1n) is 13.8. The van der Waals surface area contributed by atoms with Crippen molar-refractivity contribution in [2.75, 3.05) is 0 Å². The molecule has 3 aromatic rings. The molecule has 2 aliphatic carbocycles. The summed E-state index contributed by atoms with van der Waals surface area (Å²) < 4.78 is 91.4. The summed E-state index contributed by atoms with van der Waals surface area (Å²) in [6.45, 7) is 1.63. The zero-order valence-electron chi connectivity index (χ0n) is 22.8. The molecule has 43 heavy (non-hydrogen) atoms. The van der Waals surface area contributed by atoms with E-state index in [2.05, 4.69) is 24.8 Å². The van der Waals surface area contributed by atoms with Crippen LogP contribution in [-0.2, 0) is 22.1 Å². The first kappa shape index (κ1) is 29.1. The Hall–Kier alpha value is -4.01. The average molecular weight is 611 g/mol. The van der Waals surface area contributed by atoms with E-state index in [9.17, 15) is 31.9 Å². The number of nitrogens with zero attached hydrogens (tertiary/aromatic N) is 4. The predicted molar refractivity (Wildman–Crippen MR) is 136 cm³/mol. The fourth-order valence-electron chi connectivity index (χ4n) is 5.86. The largest absolute Gasteiger partial charge is 0.586 e. The summed E-state index contributed by atoms with van der Waals surface area (Å²) in [5.74, 6) is -1.64. The SMILES string of the molecule is C[C@H](Oc1cc(-n2nc(C(F)(F)F)c3c2[C@H](OC2CCC(C(=O)O)CC2)CCC3)cnn1)c1ccc2c(c1)OC(F)(F)O2. The van der Waals surface area contributed by atoms with E-state index in [-0.39, 0.29) is 46.8 Å². The lowest BCUT2D eigenvalue weighted by Crippen LogP contribution is -2.29. The second-order valence-electron chi connectivity index (χ2n) is 10.8. The van der Waals surface area contributed by atoms with Gasteiger partial charge in [0.25, 0.3) is 0 Å². The molecule has 0 bridgehead atoms. The number of aliphatic carboxylic acids is 1. The summed E-state index contributed by atoms with van der Waals surface area (Å²) >= 11 is 0. The third-order valence-electron chi connectivity index (χ3n) is 7.92. The maximum Gasteiger partial charge on any atom is 0.586 e. The first-order valence-corrected chi connectivity index (χ1v) is 13.8. The van der Waals surface area contributed by atoms with E-state index in [0.717, 1.165) is 0 Å². The molecule has 10 nitrogen and oxygen atoms in total. The number of halogens is 5. The molecule has 230 valence electrons. The molecule has 3 heterocycles. The van der Waals surface area contributed by atoms with Crippen molar-refractivity contribution in [2.24, 2.45) is 5.92 Å². The molecule has 0 radical (unpaired) electrons. The van der Waals surface area contributed by atoms with Gasteiger partial charge in [-0.15, -0.1) is 13.9 Å². The zero-order valence-corrected chi connectivity index (χ0v) is 22.8. The minimum Gasteiger partial charge on any atom is -0.481 e. The molecule has 1 saturated carbocycles. The fraction of sp³-hybridized carbons (Fsp3) is 0.500. The van der Waals surface area contributed by atoms with Gasteiger partial charge in [0.15, 0.2) is 17.2 Å². The Morgan fingerprint density at radius 1 is 1.12 bits per heavy atom. The van der Waals surface area contributed by atoms with Crippen molar-refractivity contribution in [3.05, 3.63) is 53.0 Å². The number of rotatable bonds is 7. The van der Waals surface area contributed by atoms with Crippen LogP contribution in [0.2, 0.25) is 0 Å². The Morgan fingerprint density at radius 2 is 1.86 bits per heavy atom. The van der Waals surface area contributed by atoms with E-state index in [1.165, 1.54) is 35.1 Å². The van der Waals surface area contributed by atoms with E-state index < -0.39 is 42.3 Å². The number of ether oxygens (including phenoxy) is 4. The molecule has 0 saturated heterocycles. The van der Waals surface area contributed by atoms with Gasteiger partial charge in [0.1, 0.15) is 12.2 Å². The summed E-state index contributed by atoms with van der Waals surface area (Å²) in [6, 6.07) is 5.55. The molecule has 1 aromatic carbocycles. The Morgan fingerprint density at radius 3 is 2.58 bits per heavy atom. The van der Waals surface area contributed by atoms with Crippen molar-refractivity contribution in [3.8, 4) is 23.1 Å². The van der Waals surface area contributed by atoms with Crippen molar-refractivity contribution in [1.82, 2.24) is 20.0 Å². The molecule has 0 amide bonds. The maximum atomic E-state index is 14.1. The molecule has 15 heteroatoms. The Bertz CT molecular complexity index is 1520. The van der Waals surface area contributed by atoms with Gasteiger partial charge in [-0.2, -0.15) is 23.4 Å². The summed E-state index contributed by atoms with van der Waals surface area (Å²) in [5, 5.41) is 21.1. The molecule has 2 aromatic heterocycles. The van der Waals surface area contributed by atoms with Crippen LogP contribution in [0.3, 0.4) is 0 Å². The van der Waals surface area contributed by atoms with Gasteiger partial charge in [-0.1, -0.05) is 6.07 Å². The van der Waals surface area contributed by atoms with Crippen LogP contribution in [0.15, 0.2) is 30.5 Å². The number of carbonyl (C=O) groups is 1. The number of aromatic nitrogens is 4. The molecular weight excluding hydrogens is 583 g/mol. The van der Waals surface area contributed by atoms with Crippen LogP contribution in [0.4, 0.5) is 22.0 Å². The number of carboxylic acid groups (broad SMARTS) is 1. The lowest BCUT2D eigenvalue weighted by atomic mass is 9.87. The number of hydrogen-bond donors (Lipinski definition) is 1. The normalized spacial score (nSPS) is 23.4. The topological polar surface area (TPSA) is 118 Å². The summed E-state index contributed by atoms with van der Waals surface area (Å²) in [6.07, 6.45) is -5.98. The van der Waals surface area contributed by atoms with Crippen LogP contribution < -0.4 is 14.2 Å².